The van der Waals surface area contributed by atoms with E-state index in [1.165, 1.54) is 6.20 Å². The van der Waals surface area contributed by atoms with Gasteiger partial charge < -0.3 is 9.67 Å². The standard InChI is InChI=1S/C12H14ClN3O/c1-2-16-6-5-14-12(16)7-11(17)10-4-3-9(13)8-15-10/h3-6,8,11,17H,2,7H2,1H3. The van der Waals surface area contributed by atoms with Crippen molar-refractivity contribution in [2.24, 2.45) is 0 Å². The van der Waals surface area contributed by atoms with Crippen LogP contribution in [0.2, 0.25) is 5.02 Å². The Kier molecular flexibility index (Phi) is 3.76. The molecule has 5 heteroatoms. The van der Waals surface area contributed by atoms with Crippen LogP contribution < -0.4 is 0 Å². The Hall–Kier alpha value is -1.39. The molecule has 1 N–H and O–H groups in total. The smallest absolute Gasteiger partial charge is 0.111 e. The largest absolute Gasteiger partial charge is 0.386 e. The first-order valence-electron chi connectivity index (χ1n) is 5.50. The number of pyridine rings is 1. The van der Waals surface area contributed by atoms with Crippen LogP contribution in [-0.2, 0) is 13.0 Å². The summed E-state index contributed by atoms with van der Waals surface area (Å²) in [5.41, 5.74) is 0.611. The molecule has 0 amide bonds. The molecule has 17 heavy (non-hydrogen) atoms. The third-order valence-electron chi connectivity index (χ3n) is 2.61. The molecule has 0 aliphatic carbocycles. The van der Waals surface area contributed by atoms with Crippen molar-refractivity contribution < 1.29 is 5.11 Å². The zero-order chi connectivity index (χ0) is 12.3. The summed E-state index contributed by atoms with van der Waals surface area (Å²) in [7, 11) is 0. The molecule has 0 fully saturated rings. The van der Waals surface area contributed by atoms with Gasteiger partial charge in [0.1, 0.15) is 11.9 Å². The molecule has 4 nitrogen and oxygen atoms in total. The fourth-order valence-electron chi connectivity index (χ4n) is 1.68. The summed E-state index contributed by atoms with van der Waals surface area (Å²) < 4.78 is 2.00. The summed E-state index contributed by atoms with van der Waals surface area (Å²) in [5.74, 6) is 0.858. The second-order valence-electron chi connectivity index (χ2n) is 3.75. The number of halogens is 1. The first kappa shape index (κ1) is 12.1. The molecule has 0 bridgehead atoms. The Labute approximate surface area is 105 Å². The first-order valence-corrected chi connectivity index (χ1v) is 5.88. The molecule has 0 aliphatic heterocycles. The van der Waals surface area contributed by atoms with Gasteiger partial charge in [-0.25, -0.2) is 4.98 Å². The van der Waals surface area contributed by atoms with Crippen molar-refractivity contribution in [1.82, 2.24) is 14.5 Å². The van der Waals surface area contributed by atoms with Gasteiger partial charge in [0, 0.05) is 31.6 Å². The topological polar surface area (TPSA) is 50.9 Å². The van der Waals surface area contributed by atoms with Crippen molar-refractivity contribution in [2.75, 3.05) is 0 Å². The van der Waals surface area contributed by atoms with Crippen molar-refractivity contribution in [3.8, 4) is 0 Å². The maximum Gasteiger partial charge on any atom is 0.111 e. The number of imidazole rings is 1. The van der Waals surface area contributed by atoms with Crippen LogP contribution in [0.25, 0.3) is 0 Å². The van der Waals surface area contributed by atoms with E-state index in [0.717, 1.165) is 12.4 Å². The number of aromatic nitrogens is 3. The number of aryl methyl sites for hydroxylation is 1. The highest BCUT2D eigenvalue weighted by molar-refractivity contribution is 6.30. The molecule has 0 saturated carbocycles. The second-order valence-corrected chi connectivity index (χ2v) is 4.19. The molecule has 0 saturated heterocycles. The third-order valence-corrected chi connectivity index (χ3v) is 2.83. The zero-order valence-corrected chi connectivity index (χ0v) is 10.3. The van der Waals surface area contributed by atoms with E-state index in [1.54, 1.807) is 18.3 Å². The molecule has 2 aromatic rings. The number of aliphatic hydroxyl groups is 1. The van der Waals surface area contributed by atoms with Crippen molar-refractivity contribution in [2.45, 2.75) is 26.0 Å². The van der Waals surface area contributed by atoms with Crippen molar-refractivity contribution in [3.05, 3.63) is 47.3 Å². The molecule has 0 radical (unpaired) electrons. The van der Waals surface area contributed by atoms with Crippen LogP contribution in [0.15, 0.2) is 30.7 Å². The highest BCUT2D eigenvalue weighted by atomic mass is 35.5. The number of aliphatic hydroxyl groups excluding tert-OH is 1. The van der Waals surface area contributed by atoms with Crippen LogP contribution >= 0.6 is 11.6 Å². The van der Waals surface area contributed by atoms with Crippen LogP contribution in [0.1, 0.15) is 24.5 Å². The molecular formula is C12H14ClN3O. The van der Waals surface area contributed by atoms with E-state index >= 15 is 0 Å². The minimum atomic E-state index is -0.653. The van der Waals surface area contributed by atoms with Gasteiger partial charge in [0.25, 0.3) is 0 Å². The first-order chi connectivity index (χ1) is 8.20. The Morgan fingerprint density at radius 2 is 2.24 bits per heavy atom. The Morgan fingerprint density at radius 1 is 1.41 bits per heavy atom. The van der Waals surface area contributed by atoms with Crippen molar-refractivity contribution in [1.29, 1.82) is 0 Å². The van der Waals surface area contributed by atoms with Crippen LogP contribution in [0.5, 0.6) is 0 Å². The van der Waals surface area contributed by atoms with Gasteiger partial charge in [0.2, 0.25) is 0 Å². The van der Waals surface area contributed by atoms with E-state index < -0.39 is 6.10 Å². The Morgan fingerprint density at radius 3 is 2.88 bits per heavy atom. The van der Waals surface area contributed by atoms with Gasteiger partial charge in [0.15, 0.2) is 0 Å². The highest BCUT2D eigenvalue weighted by Crippen LogP contribution is 2.17. The van der Waals surface area contributed by atoms with Gasteiger partial charge in [-0.05, 0) is 19.1 Å². The van der Waals surface area contributed by atoms with Gasteiger partial charge in [-0.15, -0.1) is 0 Å². The van der Waals surface area contributed by atoms with Crippen LogP contribution in [-0.4, -0.2) is 19.6 Å². The molecule has 90 valence electrons. The van der Waals surface area contributed by atoms with E-state index in [-0.39, 0.29) is 0 Å². The number of hydrogen-bond donors (Lipinski definition) is 1. The van der Waals surface area contributed by atoms with Gasteiger partial charge in [0.05, 0.1) is 10.7 Å². The molecule has 2 aromatic heterocycles. The van der Waals surface area contributed by atoms with Gasteiger partial charge in [-0.2, -0.15) is 0 Å². The normalized spacial score (nSPS) is 12.6. The minimum Gasteiger partial charge on any atom is -0.386 e. The lowest BCUT2D eigenvalue weighted by Crippen LogP contribution is -2.09. The van der Waals surface area contributed by atoms with Crippen LogP contribution in [0, 0.1) is 0 Å². The molecule has 0 aliphatic rings. The second kappa shape index (κ2) is 5.29. The van der Waals surface area contributed by atoms with E-state index in [2.05, 4.69) is 9.97 Å². The fourth-order valence-corrected chi connectivity index (χ4v) is 1.79. The summed E-state index contributed by atoms with van der Waals surface area (Å²) in [6.45, 7) is 2.88. The lowest BCUT2D eigenvalue weighted by atomic mass is 10.1. The molecule has 1 unspecified atom stereocenters. The van der Waals surface area contributed by atoms with E-state index in [0.29, 0.717) is 17.1 Å². The number of nitrogens with zero attached hydrogens (tertiary/aromatic N) is 3. The molecule has 0 spiro atoms. The van der Waals surface area contributed by atoms with Gasteiger partial charge in [-0.3, -0.25) is 4.98 Å². The maximum absolute atomic E-state index is 10.0. The molecule has 2 rings (SSSR count). The van der Waals surface area contributed by atoms with Gasteiger partial charge in [-0.1, -0.05) is 11.6 Å². The Balaban J connectivity index is 2.11. The lowest BCUT2D eigenvalue weighted by molar-refractivity contribution is 0.170. The molecule has 2 heterocycles. The highest BCUT2D eigenvalue weighted by Gasteiger charge is 2.13. The number of rotatable bonds is 4. The predicted octanol–water partition coefficient (Wildman–Crippen LogP) is 2.23. The molecular weight excluding hydrogens is 238 g/mol. The zero-order valence-electron chi connectivity index (χ0n) is 9.55. The van der Waals surface area contributed by atoms with Gasteiger partial charge >= 0.3 is 0 Å². The summed E-state index contributed by atoms with van der Waals surface area (Å²) in [4.78, 5) is 8.31. The lowest BCUT2D eigenvalue weighted by Gasteiger charge is -2.10. The van der Waals surface area contributed by atoms with E-state index in [1.807, 2.05) is 17.7 Å². The average molecular weight is 252 g/mol. The minimum absolute atomic E-state index is 0.454. The average Bonchev–Trinajstić information content (AvgIpc) is 2.77. The monoisotopic (exact) mass is 251 g/mol. The predicted molar refractivity (Wildman–Crippen MR) is 65.8 cm³/mol. The SMILES string of the molecule is CCn1ccnc1CC(O)c1ccc(Cl)cn1. The van der Waals surface area contributed by atoms with Crippen molar-refractivity contribution >= 4 is 11.6 Å². The quantitative estimate of drug-likeness (QED) is 0.907. The Bertz CT molecular complexity index is 481. The molecule has 1 atom stereocenters. The molecule has 0 aromatic carbocycles. The van der Waals surface area contributed by atoms with Crippen LogP contribution in [0.4, 0.5) is 0 Å². The summed E-state index contributed by atoms with van der Waals surface area (Å²) in [6.07, 6.45) is 4.97. The fraction of sp³-hybridized carbons (Fsp3) is 0.333. The third kappa shape index (κ3) is 2.84. The number of hydrogen-bond acceptors (Lipinski definition) is 3. The summed E-state index contributed by atoms with van der Waals surface area (Å²) >= 11 is 5.75. The maximum atomic E-state index is 10.0. The van der Waals surface area contributed by atoms with E-state index in [9.17, 15) is 5.11 Å². The van der Waals surface area contributed by atoms with Crippen molar-refractivity contribution in [3.63, 3.8) is 0 Å². The summed E-state index contributed by atoms with van der Waals surface area (Å²) in [6, 6.07) is 3.45. The van der Waals surface area contributed by atoms with E-state index in [4.69, 9.17) is 11.6 Å². The van der Waals surface area contributed by atoms with Crippen LogP contribution in [0.3, 0.4) is 0 Å². The summed E-state index contributed by atoms with van der Waals surface area (Å²) in [5, 5.41) is 10.6.